The normalized spacial score (nSPS) is 13.5. The van der Waals surface area contributed by atoms with Gasteiger partial charge in [0.1, 0.15) is 17.0 Å². The molecule has 0 spiro atoms. The van der Waals surface area contributed by atoms with E-state index in [0.717, 1.165) is 23.6 Å². The first-order valence-corrected chi connectivity index (χ1v) is 8.68. The molecule has 1 N–H and O–H groups in total. The number of aryl methyl sites for hydroxylation is 3. The van der Waals surface area contributed by atoms with Gasteiger partial charge in [-0.15, -0.1) is 11.3 Å². The van der Waals surface area contributed by atoms with Crippen LogP contribution in [0.25, 0.3) is 10.2 Å². The minimum Gasteiger partial charge on any atom is -0.369 e. The van der Waals surface area contributed by atoms with Crippen LogP contribution in [0.5, 0.6) is 0 Å². The first kappa shape index (κ1) is 13.7. The fraction of sp³-hybridized carbons (Fsp3) is 0.333. The SMILES string of the molecule is Cc1ccccc1CCNc1ncnc2sc3c(c12)CCC3. The van der Waals surface area contributed by atoms with Crippen molar-refractivity contribution in [1.29, 1.82) is 0 Å². The first-order chi connectivity index (χ1) is 10.8. The number of benzene rings is 1. The maximum absolute atomic E-state index is 4.49. The van der Waals surface area contributed by atoms with Crippen molar-refractivity contribution in [3.05, 3.63) is 52.2 Å². The lowest BCUT2D eigenvalue weighted by atomic mass is 10.1. The van der Waals surface area contributed by atoms with E-state index in [-0.39, 0.29) is 0 Å². The molecule has 4 heteroatoms. The Hall–Kier alpha value is -1.94. The van der Waals surface area contributed by atoms with E-state index in [1.165, 1.54) is 46.2 Å². The zero-order chi connectivity index (χ0) is 14.9. The molecule has 0 atom stereocenters. The third-order valence-electron chi connectivity index (χ3n) is 4.45. The quantitative estimate of drug-likeness (QED) is 0.787. The van der Waals surface area contributed by atoms with Crippen LogP contribution in [0.15, 0.2) is 30.6 Å². The molecule has 0 saturated heterocycles. The van der Waals surface area contributed by atoms with Gasteiger partial charge in [-0.1, -0.05) is 24.3 Å². The van der Waals surface area contributed by atoms with E-state index in [1.54, 1.807) is 6.33 Å². The van der Waals surface area contributed by atoms with Crippen molar-refractivity contribution >= 4 is 27.4 Å². The fourth-order valence-corrected chi connectivity index (χ4v) is 4.50. The summed E-state index contributed by atoms with van der Waals surface area (Å²) in [7, 11) is 0. The Morgan fingerprint density at radius 3 is 3.00 bits per heavy atom. The molecule has 0 fully saturated rings. The number of anilines is 1. The molecule has 1 aliphatic rings. The second kappa shape index (κ2) is 5.69. The van der Waals surface area contributed by atoms with Gasteiger partial charge in [-0.2, -0.15) is 0 Å². The van der Waals surface area contributed by atoms with Crippen LogP contribution in [0.2, 0.25) is 0 Å². The third kappa shape index (κ3) is 2.37. The average Bonchev–Trinajstić information content (AvgIpc) is 3.10. The van der Waals surface area contributed by atoms with E-state index in [4.69, 9.17) is 0 Å². The highest BCUT2D eigenvalue weighted by Gasteiger charge is 2.20. The molecule has 22 heavy (non-hydrogen) atoms. The maximum Gasteiger partial charge on any atom is 0.138 e. The summed E-state index contributed by atoms with van der Waals surface area (Å²) in [6.45, 7) is 3.07. The minimum atomic E-state index is 0.904. The van der Waals surface area contributed by atoms with Crippen LogP contribution in [-0.2, 0) is 19.3 Å². The molecule has 3 aromatic rings. The lowest BCUT2D eigenvalue weighted by Gasteiger charge is -2.09. The van der Waals surface area contributed by atoms with Gasteiger partial charge in [-0.05, 0) is 49.3 Å². The molecular weight excluding hydrogens is 290 g/mol. The molecule has 2 aromatic heterocycles. The van der Waals surface area contributed by atoms with Crippen LogP contribution < -0.4 is 5.32 Å². The molecule has 112 valence electrons. The number of fused-ring (bicyclic) bond motifs is 3. The highest BCUT2D eigenvalue weighted by atomic mass is 32.1. The first-order valence-electron chi connectivity index (χ1n) is 7.86. The fourth-order valence-electron chi connectivity index (χ4n) is 3.27. The number of rotatable bonds is 4. The van der Waals surface area contributed by atoms with Gasteiger partial charge in [0.25, 0.3) is 0 Å². The molecule has 0 amide bonds. The molecule has 0 bridgehead atoms. The van der Waals surface area contributed by atoms with Crippen molar-refractivity contribution in [2.24, 2.45) is 0 Å². The van der Waals surface area contributed by atoms with Gasteiger partial charge >= 0.3 is 0 Å². The standard InChI is InChI=1S/C18H19N3S/c1-12-5-2-3-6-13(12)9-10-19-17-16-14-7-4-8-15(14)22-18(16)21-11-20-17/h2-3,5-6,11H,4,7-10H2,1H3,(H,19,20,21). The summed E-state index contributed by atoms with van der Waals surface area (Å²) in [5, 5.41) is 4.80. The average molecular weight is 309 g/mol. The van der Waals surface area contributed by atoms with Crippen molar-refractivity contribution in [3.8, 4) is 0 Å². The molecule has 0 unspecified atom stereocenters. The van der Waals surface area contributed by atoms with Crippen LogP contribution >= 0.6 is 11.3 Å². The highest BCUT2D eigenvalue weighted by Crippen LogP contribution is 2.38. The predicted octanol–water partition coefficient (Wildman–Crippen LogP) is 4.14. The Bertz CT molecular complexity index is 822. The van der Waals surface area contributed by atoms with Gasteiger partial charge in [0.2, 0.25) is 0 Å². The lowest BCUT2D eigenvalue weighted by Crippen LogP contribution is -2.08. The number of nitrogens with zero attached hydrogens (tertiary/aromatic N) is 2. The molecule has 0 saturated carbocycles. The molecule has 0 aliphatic heterocycles. The Balaban J connectivity index is 1.56. The van der Waals surface area contributed by atoms with E-state index in [0.29, 0.717) is 0 Å². The number of thiophene rings is 1. The van der Waals surface area contributed by atoms with E-state index in [2.05, 4.69) is 46.5 Å². The summed E-state index contributed by atoms with van der Waals surface area (Å²) in [4.78, 5) is 11.6. The van der Waals surface area contributed by atoms with Crippen LogP contribution in [0, 0.1) is 6.92 Å². The summed E-state index contributed by atoms with van der Waals surface area (Å²) in [6.07, 6.45) is 6.36. The summed E-state index contributed by atoms with van der Waals surface area (Å²) < 4.78 is 0. The van der Waals surface area contributed by atoms with Gasteiger partial charge in [0.15, 0.2) is 0 Å². The minimum absolute atomic E-state index is 0.904. The molecular formula is C18H19N3S. The van der Waals surface area contributed by atoms with Crippen molar-refractivity contribution in [2.45, 2.75) is 32.6 Å². The van der Waals surface area contributed by atoms with Crippen molar-refractivity contribution < 1.29 is 0 Å². The van der Waals surface area contributed by atoms with Crippen LogP contribution in [0.4, 0.5) is 5.82 Å². The number of nitrogens with one attached hydrogen (secondary N) is 1. The molecule has 1 aromatic carbocycles. The predicted molar refractivity (Wildman–Crippen MR) is 92.8 cm³/mol. The molecule has 4 rings (SSSR count). The van der Waals surface area contributed by atoms with E-state index in [1.807, 2.05) is 11.3 Å². The maximum atomic E-state index is 4.49. The van der Waals surface area contributed by atoms with Crippen LogP contribution in [0.1, 0.15) is 28.0 Å². The summed E-state index contributed by atoms with van der Waals surface area (Å²) in [6, 6.07) is 8.57. The Morgan fingerprint density at radius 2 is 2.09 bits per heavy atom. The monoisotopic (exact) mass is 309 g/mol. The zero-order valence-corrected chi connectivity index (χ0v) is 13.5. The second-order valence-electron chi connectivity index (χ2n) is 5.86. The van der Waals surface area contributed by atoms with Crippen molar-refractivity contribution in [2.75, 3.05) is 11.9 Å². The molecule has 0 radical (unpaired) electrons. The van der Waals surface area contributed by atoms with Gasteiger partial charge in [-0.3, -0.25) is 0 Å². The molecule has 3 nitrogen and oxygen atoms in total. The van der Waals surface area contributed by atoms with Gasteiger partial charge < -0.3 is 5.32 Å². The van der Waals surface area contributed by atoms with E-state index < -0.39 is 0 Å². The Kier molecular flexibility index (Phi) is 3.54. The highest BCUT2D eigenvalue weighted by molar-refractivity contribution is 7.19. The third-order valence-corrected chi connectivity index (χ3v) is 5.65. The molecule has 1 aliphatic carbocycles. The summed E-state index contributed by atoms with van der Waals surface area (Å²) in [5.74, 6) is 1.01. The zero-order valence-electron chi connectivity index (χ0n) is 12.7. The Morgan fingerprint density at radius 1 is 1.18 bits per heavy atom. The largest absolute Gasteiger partial charge is 0.369 e. The Labute approximate surface area is 134 Å². The summed E-state index contributed by atoms with van der Waals surface area (Å²) in [5.41, 5.74) is 4.24. The lowest BCUT2D eigenvalue weighted by molar-refractivity contribution is 0.916. The van der Waals surface area contributed by atoms with Gasteiger partial charge in [0.05, 0.1) is 5.39 Å². The van der Waals surface area contributed by atoms with Gasteiger partial charge in [-0.25, -0.2) is 9.97 Å². The number of hydrogen-bond donors (Lipinski definition) is 1. The number of hydrogen-bond acceptors (Lipinski definition) is 4. The van der Waals surface area contributed by atoms with Crippen molar-refractivity contribution in [3.63, 3.8) is 0 Å². The van der Waals surface area contributed by atoms with E-state index in [9.17, 15) is 0 Å². The topological polar surface area (TPSA) is 37.8 Å². The summed E-state index contributed by atoms with van der Waals surface area (Å²) >= 11 is 1.84. The van der Waals surface area contributed by atoms with Crippen LogP contribution in [0.3, 0.4) is 0 Å². The van der Waals surface area contributed by atoms with Gasteiger partial charge in [0, 0.05) is 11.4 Å². The van der Waals surface area contributed by atoms with Crippen molar-refractivity contribution in [1.82, 2.24) is 9.97 Å². The van der Waals surface area contributed by atoms with Crippen LogP contribution in [-0.4, -0.2) is 16.5 Å². The molecule has 2 heterocycles. The number of aromatic nitrogens is 2. The smallest absolute Gasteiger partial charge is 0.138 e. The second-order valence-corrected chi connectivity index (χ2v) is 6.95. The van der Waals surface area contributed by atoms with E-state index >= 15 is 0 Å².